The first-order valence-electron chi connectivity index (χ1n) is 6.83. The van der Waals surface area contributed by atoms with Crippen LogP contribution in [0.25, 0.3) is 5.52 Å². The van der Waals surface area contributed by atoms with Gasteiger partial charge in [-0.1, -0.05) is 38.2 Å². The van der Waals surface area contributed by atoms with Crippen LogP contribution in [-0.4, -0.2) is 9.38 Å². The predicted octanol–water partition coefficient (Wildman–Crippen LogP) is 3.85. The number of pyridine rings is 1. The topological polar surface area (TPSA) is 17.3 Å². The van der Waals surface area contributed by atoms with E-state index in [4.69, 9.17) is 0 Å². The highest BCUT2D eigenvalue weighted by molar-refractivity contribution is 5.52. The van der Waals surface area contributed by atoms with Crippen molar-refractivity contribution in [1.82, 2.24) is 9.38 Å². The number of rotatable bonds is 3. The van der Waals surface area contributed by atoms with Gasteiger partial charge >= 0.3 is 0 Å². The highest BCUT2D eigenvalue weighted by Gasteiger charge is 2.13. The van der Waals surface area contributed by atoms with Crippen LogP contribution in [0, 0.1) is 5.92 Å². The molecule has 17 heavy (non-hydrogen) atoms. The second-order valence-corrected chi connectivity index (χ2v) is 5.26. The van der Waals surface area contributed by atoms with Crippen molar-refractivity contribution in [1.29, 1.82) is 0 Å². The van der Waals surface area contributed by atoms with Crippen LogP contribution < -0.4 is 0 Å². The Balaban J connectivity index is 1.69. The van der Waals surface area contributed by atoms with E-state index in [1.165, 1.54) is 56.0 Å². The Labute approximate surface area is 103 Å². The van der Waals surface area contributed by atoms with Crippen molar-refractivity contribution < 1.29 is 0 Å². The molecule has 0 atom stereocenters. The summed E-state index contributed by atoms with van der Waals surface area (Å²) in [6.07, 6.45) is 15.7. The van der Waals surface area contributed by atoms with Crippen LogP contribution in [0.4, 0.5) is 0 Å². The van der Waals surface area contributed by atoms with E-state index in [2.05, 4.69) is 27.7 Å². The van der Waals surface area contributed by atoms with Gasteiger partial charge in [0.15, 0.2) is 0 Å². The van der Waals surface area contributed by atoms with E-state index >= 15 is 0 Å². The van der Waals surface area contributed by atoms with Crippen LogP contribution in [0.3, 0.4) is 0 Å². The van der Waals surface area contributed by atoms with Crippen molar-refractivity contribution >= 4 is 5.52 Å². The lowest BCUT2D eigenvalue weighted by atomic mass is 9.85. The minimum Gasteiger partial charge on any atom is -0.306 e. The van der Waals surface area contributed by atoms with Gasteiger partial charge in [-0.05, 0) is 30.4 Å². The summed E-state index contributed by atoms with van der Waals surface area (Å²) in [5.41, 5.74) is 2.74. The van der Waals surface area contributed by atoms with E-state index in [9.17, 15) is 0 Å². The van der Waals surface area contributed by atoms with Gasteiger partial charge in [-0.2, -0.15) is 0 Å². The number of aromatic nitrogens is 2. The fourth-order valence-electron chi connectivity index (χ4n) is 3.06. The maximum atomic E-state index is 4.22. The molecule has 0 amide bonds. The molecule has 2 aromatic rings. The zero-order chi connectivity index (χ0) is 11.5. The lowest BCUT2D eigenvalue weighted by molar-refractivity contribution is 0.339. The SMILES string of the molecule is c1cc(CCC2CCCCC2)c2cncn2c1. The molecule has 90 valence electrons. The summed E-state index contributed by atoms with van der Waals surface area (Å²) in [4.78, 5) is 4.22. The third-order valence-corrected chi connectivity index (χ3v) is 4.09. The molecule has 0 aliphatic heterocycles. The lowest BCUT2D eigenvalue weighted by Crippen LogP contribution is -2.07. The summed E-state index contributed by atoms with van der Waals surface area (Å²) in [6.45, 7) is 0. The Morgan fingerprint density at radius 2 is 2.12 bits per heavy atom. The van der Waals surface area contributed by atoms with Gasteiger partial charge in [-0.3, -0.25) is 0 Å². The molecule has 2 nitrogen and oxygen atoms in total. The molecule has 2 aromatic heterocycles. The maximum Gasteiger partial charge on any atom is 0.0992 e. The molecule has 2 heteroatoms. The van der Waals surface area contributed by atoms with Crippen LogP contribution in [-0.2, 0) is 6.42 Å². The van der Waals surface area contributed by atoms with Crippen LogP contribution in [0.15, 0.2) is 30.9 Å². The largest absolute Gasteiger partial charge is 0.306 e. The summed E-state index contributed by atoms with van der Waals surface area (Å²) >= 11 is 0. The van der Waals surface area contributed by atoms with E-state index in [-0.39, 0.29) is 0 Å². The van der Waals surface area contributed by atoms with Gasteiger partial charge in [-0.25, -0.2) is 4.98 Å². The van der Waals surface area contributed by atoms with Gasteiger partial charge in [0, 0.05) is 6.20 Å². The molecule has 0 N–H and O–H groups in total. The average Bonchev–Trinajstić information content (AvgIpc) is 2.86. The summed E-state index contributed by atoms with van der Waals surface area (Å²) in [6, 6.07) is 4.38. The molecule has 0 aromatic carbocycles. The van der Waals surface area contributed by atoms with Crippen molar-refractivity contribution in [3.63, 3.8) is 0 Å². The molecular weight excluding hydrogens is 208 g/mol. The molecule has 1 fully saturated rings. The van der Waals surface area contributed by atoms with Crippen molar-refractivity contribution in [2.75, 3.05) is 0 Å². The van der Waals surface area contributed by atoms with E-state index in [0.717, 1.165) is 5.92 Å². The lowest BCUT2D eigenvalue weighted by Gasteiger charge is -2.21. The second-order valence-electron chi connectivity index (χ2n) is 5.26. The van der Waals surface area contributed by atoms with Crippen LogP contribution in [0.5, 0.6) is 0 Å². The molecular formula is C15H20N2. The van der Waals surface area contributed by atoms with Crippen molar-refractivity contribution in [2.24, 2.45) is 5.92 Å². The second kappa shape index (κ2) is 4.91. The van der Waals surface area contributed by atoms with Gasteiger partial charge in [0.25, 0.3) is 0 Å². The summed E-state index contributed by atoms with van der Waals surface area (Å²) in [5, 5.41) is 0. The maximum absolute atomic E-state index is 4.22. The third-order valence-electron chi connectivity index (χ3n) is 4.09. The molecule has 0 radical (unpaired) electrons. The zero-order valence-corrected chi connectivity index (χ0v) is 10.3. The molecule has 1 aliphatic carbocycles. The van der Waals surface area contributed by atoms with Crippen molar-refractivity contribution in [3.8, 4) is 0 Å². The van der Waals surface area contributed by atoms with Gasteiger partial charge in [0.1, 0.15) is 0 Å². The number of nitrogens with zero attached hydrogens (tertiary/aromatic N) is 2. The summed E-state index contributed by atoms with van der Waals surface area (Å²) in [5.74, 6) is 0.965. The molecule has 2 heterocycles. The Bertz CT molecular complexity index is 480. The molecule has 0 unspecified atom stereocenters. The third kappa shape index (κ3) is 2.36. The van der Waals surface area contributed by atoms with Gasteiger partial charge in [-0.15, -0.1) is 0 Å². The minimum atomic E-state index is 0.965. The smallest absolute Gasteiger partial charge is 0.0992 e. The number of hydrogen-bond donors (Lipinski definition) is 0. The quantitative estimate of drug-likeness (QED) is 0.780. The molecule has 3 rings (SSSR count). The van der Waals surface area contributed by atoms with Gasteiger partial charge in [0.05, 0.1) is 18.0 Å². The fraction of sp³-hybridized carbons (Fsp3) is 0.533. The number of fused-ring (bicyclic) bond motifs is 1. The van der Waals surface area contributed by atoms with E-state index < -0.39 is 0 Å². The highest BCUT2D eigenvalue weighted by atomic mass is 15.0. The number of imidazole rings is 1. The first-order chi connectivity index (χ1) is 8.43. The molecule has 1 aliphatic rings. The van der Waals surface area contributed by atoms with Crippen molar-refractivity contribution in [3.05, 3.63) is 36.4 Å². The van der Waals surface area contributed by atoms with E-state index in [0.29, 0.717) is 0 Å². The van der Waals surface area contributed by atoms with E-state index in [1.54, 1.807) is 0 Å². The Morgan fingerprint density at radius 3 is 3.00 bits per heavy atom. The monoisotopic (exact) mass is 228 g/mol. The standard InChI is InChI=1S/C15H20N2/c1-2-5-13(6-3-1)8-9-14-7-4-10-17-12-16-11-15(14)17/h4,7,10-13H,1-3,5-6,8-9H2. The summed E-state index contributed by atoms with van der Waals surface area (Å²) < 4.78 is 2.12. The van der Waals surface area contributed by atoms with Crippen LogP contribution >= 0.6 is 0 Å². The number of aryl methyl sites for hydroxylation is 1. The first kappa shape index (κ1) is 10.8. The van der Waals surface area contributed by atoms with Gasteiger partial charge in [0.2, 0.25) is 0 Å². The Hall–Kier alpha value is -1.31. The van der Waals surface area contributed by atoms with E-state index in [1.807, 2.05) is 12.5 Å². The van der Waals surface area contributed by atoms with Gasteiger partial charge < -0.3 is 4.40 Å². The average molecular weight is 228 g/mol. The first-order valence-corrected chi connectivity index (χ1v) is 6.83. The number of hydrogen-bond acceptors (Lipinski definition) is 1. The van der Waals surface area contributed by atoms with Crippen LogP contribution in [0.1, 0.15) is 44.1 Å². The van der Waals surface area contributed by atoms with Crippen molar-refractivity contribution in [2.45, 2.75) is 44.9 Å². The molecule has 0 bridgehead atoms. The molecule has 0 spiro atoms. The fourth-order valence-corrected chi connectivity index (χ4v) is 3.06. The highest BCUT2D eigenvalue weighted by Crippen LogP contribution is 2.28. The normalized spacial score (nSPS) is 17.6. The Kier molecular flexibility index (Phi) is 3.12. The van der Waals surface area contributed by atoms with Crippen LogP contribution in [0.2, 0.25) is 0 Å². The zero-order valence-electron chi connectivity index (χ0n) is 10.3. The molecule has 1 saturated carbocycles. The predicted molar refractivity (Wildman–Crippen MR) is 70.1 cm³/mol. The molecule has 0 saturated heterocycles. The Morgan fingerprint density at radius 1 is 1.24 bits per heavy atom. The minimum absolute atomic E-state index is 0.965. The summed E-state index contributed by atoms with van der Waals surface area (Å²) in [7, 11) is 0.